The molecule has 17 heavy (non-hydrogen) atoms. The Balaban J connectivity index is 2.10. The number of carbonyl (C=O) groups excluding carboxylic acids is 1. The van der Waals surface area contributed by atoms with Crippen LogP contribution < -0.4 is 0 Å². The number of nitrogens with zero attached hydrogens (tertiary/aromatic N) is 1. The maximum atomic E-state index is 12.2. The Bertz CT molecular complexity index is 405. The van der Waals surface area contributed by atoms with E-state index in [2.05, 4.69) is 0 Å². The van der Waals surface area contributed by atoms with Crippen molar-refractivity contribution in [3.63, 3.8) is 0 Å². The van der Waals surface area contributed by atoms with E-state index in [0.717, 1.165) is 5.75 Å². The molecule has 0 aliphatic carbocycles. The summed E-state index contributed by atoms with van der Waals surface area (Å²) >= 11 is 3.11. The minimum absolute atomic E-state index is 0.0319. The molecule has 2 heterocycles. The first-order valence-corrected chi connectivity index (χ1v) is 7.36. The van der Waals surface area contributed by atoms with Gasteiger partial charge in [-0.1, -0.05) is 6.07 Å². The van der Waals surface area contributed by atoms with Gasteiger partial charge in [0.15, 0.2) is 0 Å². The molecule has 0 saturated carbocycles. The van der Waals surface area contributed by atoms with E-state index in [-0.39, 0.29) is 18.4 Å². The van der Waals surface area contributed by atoms with E-state index in [1.165, 1.54) is 11.3 Å². The fraction of sp³-hybridized carbons (Fsp3) is 0.455. The zero-order valence-electron chi connectivity index (χ0n) is 9.17. The summed E-state index contributed by atoms with van der Waals surface area (Å²) in [6.07, 6.45) is 0.0319. The summed E-state index contributed by atoms with van der Waals surface area (Å²) < 4.78 is 0. The lowest BCUT2D eigenvalue weighted by Crippen LogP contribution is -2.46. The zero-order valence-corrected chi connectivity index (χ0v) is 10.8. The maximum Gasteiger partial charge on any atom is 0.305 e. The Labute approximate surface area is 108 Å². The number of thiophene rings is 1. The Morgan fingerprint density at radius 1 is 1.53 bits per heavy atom. The van der Waals surface area contributed by atoms with Gasteiger partial charge < -0.3 is 10.0 Å². The molecule has 1 aromatic heterocycles. The predicted molar refractivity (Wildman–Crippen MR) is 68.7 cm³/mol. The first kappa shape index (κ1) is 12.4. The minimum Gasteiger partial charge on any atom is -0.481 e. The van der Waals surface area contributed by atoms with Crippen LogP contribution in [0.5, 0.6) is 0 Å². The number of rotatable bonds is 3. The number of amides is 1. The van der Waals surface area contributed by atoms with Crippen LogP contribution in [0.4, 0.5) is 0 Å². The fourth-order valence-electron chi connectivity index (χ4n) is 1.83. The molecule has 0 spiro atoms. The van der Waals surface area contributed by atoms with Crippen LogP contribution in [0, 0.1) is 0 Å². The van der Waals surface area contributed by atoms with Crippen LogP contribution in [0.3, 0.4) is 0 Å². The van der Waals surface area contributed by atoms with Gasteiger partial charge in [-0.25, -0.2) is 0 Å². The Morgan fingerprint density at radius 3 is 3.00 bits per heavy atom. The van der Waals surface area contributed by atoms with Crippen LogP contribution in [-0.2, 0) is 4.79 Å². The van der Waals surface area contributed by atoms with Crippen LogP contribution >= 0.6 is 23.1 Å². The van der Waals surface area contributed by atoms with E-state index in [1.54, 1.807) is 22.7 Å². The summed E-state index contributed by atoms with van der Waals surface area (Å²) in [4.78, 5) is 25.4. The predicted octanol–water partition coefficient (Wildman–Crippen LogP) is 1.78. The third-order valence-corrected chi connectivity index (χ3v) is 4.58. The lowest BCUT2D eigenvalue weighted by molar-refractivity contribution is -0.138. The quantitative estimate of drug-likeness (QED) is 0.910. The van der Waals surface area contributed by atoms with E-state index < -0.39 is 5.97 Å². The molecule has 0 bridgehead atoms. The average molecular weight is 271 g/mol. The SMILES string of the molecule is O=C(O)CC1CSCCN1C(=O)c1cccs1. The molecule has 1 aliphatic heterocycles. The molecule has 4 nitrogen and oxygen atoms in total. The standard InChI is InChI=1S/C11H13NO3S2/c13-10(14)6-8-7-16-5-3-12(8)11(15)9-2-1-4-17-9/h1-2,4,8H,3,5-7H2,(H,13,14). The van der Waals surface area contributed by atoms with Gasteiger partial charge in [0.2, 0.25) is 0 Å². The van der Waals surface area contributed by atoms with Crippen molar-refractivity contribution in [3.8, 4) is 0 Å². The van der Waals surface area contributed by atoms with Crippen LogP contribution in [0.1, 0.15) is 16.1 Å². The molecule has 1 atom stereocenters. The molecule has 2 rings (SSSR count). The smallest absolute Gasteiger partial charge is 0.305 e. The van der Waals surface area contributed by atoms with E-state index >= 15 is 0 Å². The lowest BCUT2D eigenvalue weighted by Gasteiger charge is -2.34. The normalized spacial score (nSPS) is 20.2. The van der Waals surface area contributed by atoms with Crippen molar-refractivity contribution in [2.45, 2.75) is 12.5 Å². The molecule has 6 heteroatoms. The van der Waals surface area contributed by atoms with Gasteiger partial charge in [0, 0.05) is 18.1 Å². The zero-order chi connectivity index (χ0) is 12.3. The maximum absolute atomic E-state index is 12.2. The number of hydrogen-bond acceptors (Lipinski definition) is 4. The van der Waals surface area contributed by atoms with Crippen LogP contribution in [0.25, 0.3) is 0 Å². The minimum atomic E-state index is -0.846. The first-order chi connectivity index (χ1) is 8.18. The highest BCUT2D eigenvalue weighted by Crippen LogP contribution is 2.22. The van der Waals surface area contributed by atoms with Crippen molar-refractivity contribution in [1.29, 1.82) is 0 Å². The molecule has 1 fully saturated rings. The summed E-state index contributed by atoms with van der Waals surface area (Å²) in [5.74, 6) is 0.712. The van der Waals surface area contributed by atoms with E-state index in [1.807, 2.05) is 11.4 Å². The second kappa shape index (κ2) is 5.55. The van der Waals surface area contributed by atoms with Gasteiger partial charge in [0.05, 0.1) is 17.3 Å². The summed E-state index contributed by atoms with van der Waals surface area (Å²) in [5, 5.41) is 10.7. The fourth-order valence-corrected chi connectivity index (χ4v) is 3.58. The van der Waals surface area contributed by atoms with E-state index in [4.69, 9.17) is 5.11 Å². The summed E-state index contributed by atoms with van der Waals surface area (Å²) in [7, 11) is 0. The van der Waals surface area contributed by atoms with Gasteiger partial charge in [0.1, 0.15) is 0 Å². The molecule has 1 saturated heterocycles. The Morgan fingerprint density at radius 2 is 2.35 bits per heavy atom. The van der Waals surface area contributed by atoms with Crippen LogP contribution in [0.2, 0.25) is 0 Å². The molecular weight excluding hydrogens is 258 g/mol. The van der Waals surface area contributed by atoms with E-state index in [0.29, 0.717) is 17.2 Å². The number of thioether (sulfide) groups is 1. The number of aliphatic carboxylic acids is 1. The molecule has 1 aliphatic rings. The monoisotopic (exact) mass is 271 g/mol. The van der Waals surface area contributed by atoms with E-state index in [9.17, 15) is 9.59 Å². The summed E-state index contributed by atoms with van der Waals surface area (Å²) in [6.45, 7) is 0.638. The molecule has 1 unspecified atom stereocenters. The summed E-state index contributed by atoms with van der Waals surface area (Å²) in [5.41, 5.74) is 0. The molecule has 1 amide bonds. The van der Waals surface area contributed by atoms with Crippen molar-refractivity contribution in [2.24, 2.45) is 0 Å². The number of carbonyl (C=O) groups is 2. The molecule has 92 valence electrons. The van der Waals surface area contributed by atoms with Crippen molar-refractivity contribution in [1.82, 2.24) is 4.90 Å². The first-order valence-electron chi connectivity index (χ1n) is 5.32. The number of carboxylic acid groups (broad SMARTS) is 1. The molecule has 0 aromatic carbocycles. The number of hydrogen-bond donors (Lipinski definition) is 1. The summed E-state index contributed by atoms with van der Waals surface area (Å²) in [6, 6.07) is 3.44. The van der Waals surface area contributed by atoms with Gasteiger partial charge in [-0.2, -0.15) is 11.8 Å². The Kier molecular flexibility index (Phi) is 4.06. The van der Waals surface area contributed by atoms with Gasteiger partial charge in [-0.15, -0.1) is 11.3 Å². The largest absolute Gasteiger partial charge is 0.481 e. The molecule has 1 aromatic rings. The van der Waals surface area contributed by atoms with Gasteiger partial charge in [-0.05, 0) is 11.4 Å². The second-order valence-corrected chi connectivity index (χ2v) is 5.90. The third kappa shape index (κ3) is 3.01. The van der Waals surface area contributed by atoms with Crippen LogP contribution in [-0.4, -0.2) is 46.0 Å². The Hall–Kier alpha value is -1.01. The topological polar surface area (TPSA) is 57.6 Å². The molecular formula is C11H13NO3S2. The lowest BCUT2D eigenvalue weighted by atomic mass is 10.2. The second-order valence-electron chi connectivity index (χ2n) is 3.80. The van der Waals surface area contributed by atoms with Gasteiger partial charge in [-0.3, -0.25) is 9.59 Å². The number of carboxylic acids is 1. The van der Waals surface area contributed by atoms with Crippen molar-refractivity contribution in [2.75, 3.05) is 18.1 Å². The van der Waals surface area contributed by atoms with Crippen molar-refractivity contribution < 1.29 is 14.7 Å². The highest BCUT2D eigenvalue weighted by atomic mass is 32.2. The third-order valence-electron chi connectivity index (χ3n) is 2.63. The highest BCUT2D eigenvalue weighted by molar-refractivity contribution is 7.99. The van der Waals surface area contributed by atoms with Crippen LogP contribution in [0.15, 0.2) is 17.5 Å². The highest BCUT2D eigenvalue weighted by Gasteiger charge is 2.29. The average Bonchev–Trinajstić information content (AvgIpc) is 2.81. The molecule has 1 N–H and O–H groups in total. The van der Waals surface area contributed by atoms with Crippen molar-refractivity contribution in [3.05, 3.63) is 22.4 Å². The van der Waals surface area contributed by atoms with Crippen molar-refractivity contribution >= 4 is 35.0 Å². The van der Waals surface area contributed by atoms with Gasteiger partial charge >= 0.3 is 5.97 Å². The van der Waals surface area contributed by atoms with Gasteiger partial charge in [0.25, 0.3) is 5.91 Å². The molecule has 0 radical (unpaired) electrons.